The molecule has 2 rings (SSSR count). The van der Waals surface area contributed by atoms with Gasteiger partial charge in [-0.2, -0.15) is 0 Å². The number of hydrogen-bond donors (Lipinski definition) is 1. The lowest BCUT2D eigenvalue weighted by Crippen LogP contribution is -2.28. The largest absolute Gasteiger partial charge is 0.469 e. The fraction of sp³-hybridized carbons (Fsp3) is 0.467. The molecule has 1 aliphatic heterocycles. The van der Waals surface area contributed by atoms with Crippen LogP contribution in [0.2, 0.25) is 5.02 Å². The smallest absolute Gasteiger partial charge is 0.310 e. The number of amides is 1. The average molecular weight is 356 g/mol. The summed E-state index contributed by atoms with van der Waals surface area (Å²) >= 11 is 5.99. The van der Waals surface area contributed by atoms with Gasteiger partial charge in [-0.1, -0.05) is 11.6 Å². The molecule has 0 aliphatic carbocycles. The first-order valence-electron chi connectivity index (χ1n) is 7.45. The third-order valence-corrected chi connectivity index (χ3v) is 4.15. The number of nitrogens with one attached hydrogen (secondary N) is 1. The number of methoxy groups -OCH3 is 1. The topological polar surface area (TPSA) is 102 Å². The number of esters is 1. The standard InChI is InChI=1S/C15H18ClN3O5/c1-24-15(21)10-7-14(20)18(9-10)6-2-5-17-13-4-3-11(19(22)23)8-12(13)16/h3-4,8,10,17H,2,5-7,9H2,1H3. The van der Waals surface area contributed by atoms with Crippen LogP contribution in [-0.4, -0.2) is 48.4 Å². The second kappa shape index (κ2) is 7.96. The minimum Gasteiger partial charge on any atom is -0.469 e. The number of carbonyl (C=O) groups excluding carboxylic acids is 2. The van der Waals surface area contributed by atoms with Gasteiger partial charge in [0.05, 0.1) is 28.7 Å². The molecule has 9 heteroatoms. The molecule has 0 radical (unpaired) electrons. The fourth-order valence-electron chi connectivity index (χ4n) is 2.57. The van der Waals surface area contributed by atoms with Crippen LogP contribution < -0.4 is 5.32 Å². The molecule has 0 saturated carbocycles. The van der Waals surface area contributed by atoms with Gasteiger partial charge in [-0.05, 0) is 12.5 Å². The molecular formula is C15H18ClN3O5. The van der Waals surface area contributed by atoms with E-state index in [9.17, 15) is 19.7 Å². The van der Waals surface area contributed by atoms with Crippen molar-refractivity contribution in [2.75, 3.05) is 32.1 Å². The van der Waals surface area contributed by atoms with Gasteiger partial charge < -0.3 is 15.0 Å². The third-order valence-electron chi connectivity index (χ3n) is 3.83. The van der Waals surface area contributed by atoms with E-state index in [0.29, 0.717) is 31.7 Å². The average Bonchev–Trinajstić information content (AvgIpc) is 2.92. The van der Waals surface area contributed by atoms with Crippen LogP contribution in [0.1, 0.15) is 12.8 Å². The Balaban J connectivity index is 1.78. The summed E-state index contributed by atoms with van der Waals surface area (Å²) in [4.78, 5) is 35.1. The molecule has 1 fully saturated rings. The summed E-state index contributed by atoms with van der Waals surface area (Å²) in [5.74, 6) is -0.806. The molecule has 0 aromatic heterocycles. The van der Waals surface area contributed by atoms with Gasteiger partial charge in [-0.15, -0.1) is 0 Å². The van der Waals surface area contributed by atoms with Crippen molar-refractivity contribution in [3.63, 3.8) is 0 Å². The van der Waals surface area contributed by atoms with Gasteiger partial charge in [0.2, 0.25) is 5.91 Å². The molecule has 1 aliphatic rings. The van der Waals surface area contributed by atoms with Crippen molar-refractivity contribution in [1.82, 2.24) is 4.90 Å². The highest BCUT2D eigenvalue weighted by atomic mass is 35.5. The predicted octanol–water partition coefficient (Wildman–Crippen LogP) is 2.07. The summed E-state index contributed by atoms with van der Waals surface area (Å²) in [7, 11) is 1.31. The number of non-ortho nitro benzene ring substituents is 1. The van der Waals surface area contributed by atoms with E-state index < -0.39 is 4.92 Å². The maximum atomic E-state index is 11.8. The number of halogens is 1. The van der Waals surface area contributed by atoms with Crippen LogP contribution in [0.15, 0.2) is 18.2 Å². The summed E-state index contributed by atoms with van der Waals surface area (Å²) in [6.45, 7) is 1.44. The molecular weight excluding hydrogens is 338 g/mol. The summed E-state index contributed by atoms with van der Waals surface area (Å²) in [5.41, 5.74) is 0.532. The lowest BCUT2D eigenvalue weighted by atomic mass is 10.1. The van der Waals surface area contributed by atoms with Gasteiger partial charge in [0.25, 0.3) is 5.69 Å². The van der Waals surface area contributed by atoms with E-state index in [4.69, 9.17) is 11.6 Å². The number of hydrogen-bond acceptors (Lipinski definition) is 6. The summed E-state index contributed by atoms with van der Waals surface area (Å²) in [5, 5.41) is 14.0. The van der Waals surface area contributed by atoms with E-state index in [1.165, 1.54) is 19.2 Å². The number of nitrogens with zero attached hydrogens (tertiary/aromatic N) is 2. The Kier molecular flexibility index (Phi) is 5.97. The third kappa shape index (κ3) is 4.35. The Hall–Kier alpha value is -2.35. The maximum absolute atomic E-state index is 11.8. The van der Waals surface area contributed by atoms with E-state index in [0.717, 1.165) is 0 Å². The number of nitro benzene ring substituents is 1. The van der Waals surface area contributed by atoms with E-state index in [1.807, 2.05) is 0 Å². The van der Waals surface area contributed by atoms with Crippen LogP contribution in [0.3, 0.4) is 0 Å². The quantitative estimate of drug-likeness (QED) is 0.347. The SMILES string of the molecule is COC(=O)C1CC(=O)N(CCCNc2ccc([N+](=O)[O-])cc2Cl)C1. The zero-order chi connectivity index (χ0) is 17.7. The highest BCUT2D eigenvalue weighted by Crippen LogP contribution is 2.26. The molecule has 0 bridgehead atoms. The first-order chi connectivity index (χ1) is 11.4. The number of anilines is 1. The molecule has 1 saturated heterocycles. The van der Waals surface area contributed by atoms with Gasteiger partial charge in [-0.25, -0.2) is 0 Å². The van der Waals surface area contributed by atoms with E-state index in [-0.39, 0.29) is 34.9 Å². The molecule has 1 aromatic carbocycles. The Morgan fingerprint density at radius 1 is 1.54 bits per heavy atom. The Morgan fingerprint density at radius 2 is 2.29 bits per heavy atom. The molecule has 1 unspecified atom stereocenters. The summed E-state index contributed by atoms with van der Waals surface area (Å²) in [6, 6.07) is 4.21. The molecule has 0 spiro atoms. The predicted molar refractivity (Wildman–Crippen MR) is 87.9 cm³/mol. The maximum Gasteiger partial charge on any atom is 0.310 e. The normalized spacial score (nSPS) is 17.0. The van der Waals surface area contributed by atoms with Crippen molar-refractivity contribution in [3.05, 3.63) is 33.3 Å². The van der Waals surface area contributed by atoms with Gasteiger partial charge >= 0.3 is 5.97 Å². The lowest BCUT2D eigenvalue weighted by molar-refractivity contribution is -0.384. The molecule has 24 heavy (non-hydrogen) atoms. The van der Waals surface area contributed by atoms with Crippen molar-refractivity contribution in [1.29, 1.82) is 0 Å². The van der Waals surface area contributed by atoms with Crippen LogP contribution >= 0.6 is 11.6 Å². The van der Waals surface area contributed by atoms with Gasteiger partial charge in [-0.3, -0.25) is 19.7 Å². The molecule has 130 valence electrons. The second-order valence-corrected chi connectivity index (χ2v) is 5.87. The van der Waals surface area contributed by atoms with Crippen molar-refractivity contribution in [2.24, 2.45) is 5.92 Å². The molecule has 1 heterocycles. The van der Waals surface area contributed by atoms with Gasteiger partial charge in [0.15, 0.2) is 0 Å². The Bertz CT molecular complexity index is 652. The first-order valence-corrected chi connectivity index (χ1v) is 7.83. The highest BCUT2D eigenvalue weighted by Gasteiger charge is 2.34. The van der Waals surface area contributed by atoms with Crippen molar-refractivity contribution in [3.8, 4) is 0 Å². The van der Waals surface area contributed by atoms with Gasteiger partial charge in [0.1, 0.15) is 0 Å². The van der Waals surface area contributed by atoms with Crippen molar-refractivity contribution in [2.45, 2.75) is 12.8 Å². The zero-order valence-corrected chi connectivity index (χ0v) is 13.9. The second-order valence-electron chi connectivity index (χ2n) is 5.47. The van der Waals surface area contributed by atoms with Crippen LogP contribution in [0, 0.1) is 16.0 Å². The summed E-state index contributed by atoms with van der Waals surface area (Å²) < 4.78 is 4.66. The molecule has 1 amide bonds. The van der Waals surface area contributed by atoms with Crippen LogP contribution in [0.4, 0.5) is 11.4 Å². The highest BCUT2D eigenvalue weighted by molar-refractivity contribution is 6.33. The molecule has 8 nitrogen and oxygen atoms in total. The van der Waals surface area contributed by atoms with E-state index >= 15 is 0 Å². The Labute approximate surface area is 143 Å². The molecule has 1 aromatic rings. The van der Waals surface area contributed by atoms with E-state index in [2.05, 4.69) is 10.1 Å². The van der Waals surface area contributed by atoms with Crippen molar-refractivity contribution >= 4 is 34.9 Å². The van der Waals surface area contributed by atoms with Crippen LogP contribution in [-0.2, 0) is 14.3 Å². The van der Waals surface area contributed by atoms with Crippen LogP contribution in [0.5, 0.6) is 0 Å². The number of benzene rings is 1. The van der Waals surface area contributed by atoms with Crippen molar-refractivity contribution < 1.29 is 19.2 Å². The number of carbonyl (C=O) groups is 2. The Morgan fingerprint density at radius 3 is 2.92 bits per heavy atom. The zero-order valence-electron chi connectivity index (χ0n) is 13.2. The van der Waals surface area contributed by atoms with E-state index in [1.54, 1.807) is 11.0 Å². The number of rotatable bonds is 7. The molecule has 1 atom stereocenters. The number of likely N-dealkylation sites (tertiary alicyclic amines) is 1. The minimum absolute atomic E-state index is 0.0567. The van der Waals surface area contributed by atoms with Gasteiger partial charge in [0, 0.05) is 38.2 Å². The fourth-order valence-corrected chi connectivity index (χ4v) is 2.81. The minimum atomic E-state index is -0.508. The molecule has 1 N–H and O–H groups in total. The van der Waals surface area contributed by atoms with Crippen LogP contribution in [0.25, 0.3) is 0 Å². The lowest BCUT2D eigenvalue weighted by Gasteiger charge is -2.16. The first kappa shape index (κ1) is 18.0. The summed E-state index contributed by atoms with van der Waals surface area (Å²) in [6.07, 6.45) is 0.848. The number of ether oxygens (including phenoxy) is 1. The number of nitro groups is 1. The monoisotopic (exact) mass is 355 g/mol.